The molecule has 22 heavy (non-hydrogen) atoms. The van der Waals surface area contributed by atoms with Crippen LogP contribution in [0.15, 0.2) is 9.16 Å². The predicted molar refractivity (Wildman–Crippen MR) is 90.2 cm³/mol. The van der Waals surface area contributed by atoms with E-state index in [-0.39, 0.29) is 0 Å². The van der Waals surface area contributed by atoms with Crippen LogP contribution >= 0.6 is 0 Å². The first kappa shape index (κ1) is 19.5. The van der Waals surface area contributed by atoms with E-state index in [9.17, 15) is 9.59 Å². The molecule has 0 saturated carbocycles. The number of rotatable bonds is 7. The van der Waals surface area contributed by atoms with E-state index in [1.807, 2.05) is 0 Å². The van der Waals surface area contributed by atoms with E-state index >= 15 is 0 Å². The Hall–Kier alpha value is -0.521. The van der Waals surface area contributed by atoms with Gasteiger partial charge in [0.05, 0.1) is 0 Å². The van der Waals surface area contributed by atoms with E-state index in [4.69, 9.17) is 9.47 Å². The molecule has 0 bridgehead atoms. The van der Waals surface area contributed by atoms with Crippen LogP contribution in [0.2, 0.25) is 14.8 Å². The minimum atomic E-state index is -2.18. The van der Waals surface area contributed by atoms with Crippen LogP contribution in [0, 0.1) is 5.92 Å². The summed E-state index contributed by atoms with van der Waals surface area (Å²) in [5, 5.41) is 0. The van der Waals surface area contributed by atoms with E-state index in [2.05, 4.69) is 14.8 Å². The van der Waals surface area contributed by atoms with Gasteiger partial charge >= 0.3 is 138 Å². The Kier molecular flexibility index (Phi) is 7.94. The van der Waals surface area contributed by atoms with Gasteiger partial charge < -0.3 is 0 Å². The Morgan fingerprint density at radius 1 is 1.00 bits per heavy atom. The fourth-order valence-electron chi connectivity index (χ4n) is 3.09. The van der Waals surface area contributed by atoms with Crippen LogP contribution in [0.4, 0.5) is 0 Å². The Bertz CT molecular complexity index is 416. The van der Waals surface area contributed by atoms with Gasteiger partial charge in [0.2, 0.25) is 0 Å². The zero-order valence-electron chi connectivity index (χ0n) is 14.7. The third-order valence-corrected chi connectivity index (χ3v) is 11.0. The van der Waals surface area contributed by atoms with Crippen molar-refractivity contribution in [2.24, 2.45) is 5.92 Å². The standard InChI is InChI=1S/C14H21O4.3CH3.Sn/c1-3-17-13(15)12(14(16)18-4-2)10-11-8-6-5-7-9-11;;;;/h12H,3-8,10H2,1-2H3;3*1H3;. The van der Waals surface area contributed by atoms with E-state index in [0.717, 1.165) is 19.3 Å². The number of hydrogen-bond donors (Lipinski definition) is 0. The van der Waals surface area contributed by atoms with Crippen LogP contribution in [-0.2, 0) is 19.1 Å². The fraction of sp³-hybridized carbons (Fsp3) is 0.765. The van der Waals surface area contributed by atoms with Gasteiger partial charge in [0.25, 0.3) is 0 Å². The average molecular weight is 417 g/mol. The van der Waals surface area contributed by atoms with Crippen molar-refractivity contribution in [1.29, 1.82) is 0 Å². The van der Waals surface area contributed by atoms with Crippen molar-refractivity contribution < 1.29 is 19.1 Å². The van der Waals surface area contributed by atoms with E-state index < -0.39 is 36.2 Å². The van der Waals surface area contributed by atoms with Crippen molar-refractivity contribution in [1.82, 2.24) is 0 Å². The monoisotopic (exact) mass is 418 g/mol. The van der Waals surface area contributed by atoms with Crippen LogP contribution < -0.4 is 0 Å². The molecule has 0 aromatic heterocycles. The molecule has 126 valence electrons. The van der Waals surface area contributed by atoms with Gasteiger partial charge in [-0.2, -0.15) is 0 Å². The molecule has 0 aromatic carbocycles. The van der Waals surface area contributed by atoms with Crippen molar-refractivity contribution >= 4 is 30.3 Å². The average Bonchev–Trinajstić information content (AvgIpc) is 2.44. The summed E-state index contributed by atoms with van der Waals surface area (Å²) in [5.74, 6) is -1.68. The second kappa shape index (κ2) is 8.94. The van der Waals surface area contributed by atoms with Crippen LogP contribution in [-0.4, -0.2) is 43.5 Å². The summed E-state index contributed by atoms with van der Waals surface area (Å²) in [6.07, 6.45) is 5.03. The molecule has 0 amide bonds. The van der Waals surface area contributed by atoms with E-state index in [0.29, 0.717) is 19.6 Å². The first-order chi connectivity index (χ1) is 10.3. The number of ether oxygens (including phenoxy) is 2. The molecule has 0 radical (unpaired) electrons. The Morgan fingerprint density at radius 3 is 1.95 bits per heavy atom. The van der Waals surface area contributed by atoms with E-state index in [1.165, 1.54) is 12.0 Å². The third kappa shape index (κ3) is 5.60. The van der Waals surface area contributed by atoms with Crippen LogP contribution in [0.5, 0.6) is 0 Å². The van der Waals surface area contributed by atoms with Crippen LogP contribution in [0.25, 0.3) is 0 Å². The molecular formula is C17H30O4Sn. The van der Waals surface area contributed by atoms with E-state index in [1.54, 1.807) is 17.4 Å². The zero-order chi connectivity index (χ0) is 16.8. The maximum absolute atomic E-state index is 12.2. The van der Waals surface area contributed by atoms with Gasteiger partial charge in [0.1, 0.15) is 0 Å². The maximum atomic E-state index is 12.2. The molecule has 0 spiro atoms. The first-order valence-corrected chi connectivity index (χ1v) is 18.3. The van der Waals surface area contributed by atoms with Gasteiger partial charge in [-0.15, -0.1) is 0 Å². The molecule has 0 atom stereocenters. The summed E-state index contributed by atoms with van der Waals surface area (Å²) in [7, 11) is 0. The molecule has 1 aliphatic carbocycles. The molecule has 0 aliphatic heterocycles. The zero-order valence-corrected chi connectivity index (χ0v) is 17.5. The molecule has 1 rings (SSSR count). The molecule has 0 fully saturated rings. The van der Waals surface area contributed by atoms with Crippen LogP contribution in [0.1, 0.15) is 46.0 Å². The van der Waals surface area contributed by atoms with Crippen molar-refractivity contribution in [3.63, 3.8) is 0 Å². The number of esters is 2. The number of carbonyl (C=O) groups is 2. The van der Waals surface area contributed by atoms with Gasteiger partial charge in [-0.25, -0.2) is 0 Å². The molecule has 0 heterocycles. The van der Waals surface area contributed by atoms with Crippen LogP contribution in [0.3, 0.4) is 0 Å². The minimum absolute atomic E-state index is 0.291. The second-order valence-corrected chi connectivity index (χ2v) is 21.4. The number of carbonyl (C=O) groups excluding carboxylic acids is 2. The second-order valence-electron chi connectivity index (χ2n) is 6.80. The molecular weight excluding hydrogens is 387 g/mol. The summed E-state index contributed by atoms with van der Waals surface area (Å²) in [6, 6.07) is 0. The topological polar surface area (TPSA) is 52.6 Å². The molecule has 4 nitrogen and oxygen atoms in total. The molecule has 0 unspecified atom stereocenters. The summed E-state index contributed by atoms with van der Waals surface area (Å²) in [4.78, 5) is 31.5. The fourth-order valence-corrected chi connectivity index (χ4v) is 9.41. The molecule has 0 saturated heterocycles. The summed E-state index contributed by atoms with van der Waals surface area (Å²) in [6.45, 7) is 4.10. The molecule has 0 aromatic rings. The van der Waals surface area contributed by atoms with Crippen molar-refractivity contribution in [3.05, 3.63) is 9.16 Å². The third-order valence-electron chi connectivity index (χ3n) is 4.08. The van der Waals surface area contributed by atoms with Crippen molar-refractivity contribution in [2.45, 2.75) is 60.8 Å². The van der Waals surface area contributed by atoms with Gasteiger partial charge in [-0.3, -0.25) is 0 Å². The number of allylic oxidation sites excluding steroid dienone is 2. The normalized spacial score (nSPS) is 15.9. The Morgan fingerprint density at radius 2 is 1.50 bits per heavy atom. The quantitative estimate of drug-likeness (QED) is 0.359. The summed E-state index contributed by atoms with van der Waals surface area (Å²) < 4.78 is 11.8. The SMILES string of the molecule is CCOC(=O)C(CC1=[C]([Sn]([CH3])([CH3])[CH3])CCCC1)C(=O)OCC. The Labute approximate surface area is 138 Å². The first-order valence-electron chi connectivity index (χ1n) is 8.35. The predicted octanol–water partition coefficient (Wildman–Crippen LogP) is 3.87. The molecule has 0 N–H and O–H groups in total. The Balaban J connectivity index is 3.02. The van der Waals surface area contributed by atoms with Crippen molar-refractivity contribution in [3.8, 4) is 0 Å². The van der Waals surface area contributed by atoms with Gasteiger partial charge in [-0.1, -0.05) is 0 Å². The summed E-state index contributed by atoms with van der Waals surface area (Å²) >= 11 is -2.18. The van der Waals surface area contributed by atoms with Crippen molar-refractivity contribution in [2.75, 3.05) is 13.2 Å². The summed E-state index contributed by atoms with van der Waals surface area (Å²) in [5.41, 5.74) is 1.33. The number of hydrogen-bond acceptors (Lipinski definition) is 4. The van der Waals surface area contributed by atoms with Gasteiger partial charge in [-0.05, 0) is 0 Å². The van der Waals surface area contributed by atoms with Gasteiger partial charge in [0, 0.05) is 0 Å². The van der Waals surface area contributed by atoms with Gasteiger partial charge in [0.15, 0.2) is 0 Å². The molecule has 1 aliphatic rings. The molecule has 5 heteroatoms.